The average Bonchev–Trinajstić information content (AvgIpc) is 3.30. The van der Waals surface area contributed by atoms with E-state index in [1.165, 1.54) is 0 Å². The number of benzene rings is 3. The summed E-state index contributed by atoms with van der Waals surface area (Å²) in [5.74, 6) is -0.150. The van der Waals surface area contributed by atoms with Crippen molar-refractivity contribution in [3.05, 3.63) is 102 Å². The maximum Gasteiger partial charge on any atom is 0.242 e. The summed E-state index contributed by atoms with van der Waals surface area (Å²) >= 11 is 0. The summed E-state index contributed by atoms with van der Waals surface area (Å²) in [6.45, 7) is 4.34. The van der Waals surface area contributed by atoms with Gasteiger partial charge in [-0.05, 0) is 47.2 Å². The molecule has 0 spiro atoms. The Morgan fingerprint density at radius 2 is 1.53 bits per heavy atom. The van der Waals surface area contributed by atoms with Gasteiger partial charge in [0.1, 0.15) is 11.8 Å². The van der Waals surface area contributed by atoms with Gasteiger partial charge in [-0.2, -0.15) is 0 Å². The lowest BCUT2D eigenvalue weighted by molar-refractivity contribution is -0.130. The van der Waals surface area contributed by atoms with E-state index in [4.69, 9.17) is 4.74 Å². The number of hydrogen-bond donors (Lipinski definition) is 3. The number of rotatable bonds is 10. The molecule has 0 fully saturated rings. The second kappa shape index (κ2) is 11.6. The Kier molecular flexibility index (Phi) is 8.06. The molecule has 1 heterocycles. The molecule has 0 bridgehead atoms. The molecule has 2 amide bonds. The first-order valence-electron chi connectivity index (χ1n) is 12.3. The Morgan fingerprint density at radius 3 is 2.11 bits per heavy atom. The summed E-state index contributed by atoms with van der Waals surface area (Å²) in [7, 11) is 1.65. The van der Waals surface area contributed by atoms with Crippen LogP contribution in [0, 0.1) is 5.92 Å². The number of amides is 2. The minimum absolute atomic E-state index is 0.0708. The summed E-state index contributed by atoms with van der Waals surface area (Å²) in [4.78, 5) is 29.9. The molecule has 0 saturated heterocycles. The smallest absolute Gasteiger partial charge is 0.242 e. The lowest BCUT2D eigenvalue weighted by Crippen LogP contribution is -2.51. The van der Waals surface area contributed by atoms with Crippen LogP contribution < -0.4 is 15.4 Å². The summed E-state index contributed by atoms with van der Waals surface area (Å²) < 4.78 is 5.34. The first-order chi connectivity index (χ1) is 17.5. The topological polar surface area (TPSA) is 83.2 Å². The third-order valence-corrected chi connectivity index (χ3v) is 6.44. The van der Waals surface area contributed by atoms with E-state index in [-0.39, 0.29) is 17.7 Å². The van der Waals surface area contributed by atoms with Crippen LogP contribution in [-0.2, 0) is 16.0 Å². The first kappa shape index (κ1) is 25.0. The second-order valence-electron chi connectivity index (χ2n) is 9.25. The fourth-order valence-electron chi connectivity index (χ4n) is 4.48. The molecular formula is C30H33N3O3. The van der Waals surface area contributed by atoms with Crippen molar-refractivity contribution in [1.82, 2.24) is 15.6 Å². The van der Waals surface area contributed by atoms with Crippen molar-refractivity contribution in [2.24, 2.45) is 5.92 Å². The van der Waals surface area contributed by atoms with E-state index in [2.05, 4.69) is 15.6 Å². The van der Waals surface area contributed by atoms with Crippen LogP contribution in [0.2, 0.25) is 0 Å². The van der Waals surface area contributed by atoms with Crippen molar-refractivity contribution < 1.29 is 14.3 Å². The predicted molar refractivity (Wildman–Crippen MR) is 143 cm³/mol. The monoisotopic (exact) mass is 483 g/mol. The maximum atomic E-state index is 13.5. The van der Waals surface area contributed by atoms with Crippen LogP contribution in [0.25, 0.3) is 10.9 Å². The number of methoxy groups -OCH3 is 1. The summed E-state index contributed by atoms with van der Waals surface area (Å²) in [5, 5.41) is 7.12. The van der Waals surface area contributed by atoms with Crippen molar-refractivity contribution in [3.8, 4) is 5.75 Å². The van der Waals surface area contributed by atoms with E-state index in [9.17, 15) is 9.59 Å². The largest absolute Gasteiger partial charge is 0.497 e. The predicted octanol–water partition coefficient (Wildman–Crippen LogP) is 4.81. The molecule has 0 aliphatic carbocycles. The summed E-state index contributed by atoms with van der Waals surface area (Å²) in [5.41, 5.74) is 3.90. The van der Waals surface area contributed by atoms with Gasteiger partial charge in [-0.15, -0.1) is 0 Å². The quantitative estimate of drug-likeness (QED) is 0.303. The SMILES string of the molecule is COc1ccc2[nH]cc(CCNC(=O)[C@@H](NC(=O)C(c3ccccc3)c3ccccc3)C(C)C)c2c1. The third kappa shape index (κ3) is 5.77. The van der Waals surface area contributed by atoms with Gasteiger partial charge in [0.15, 0.2) is 0 Å². The zero-order chi connectivity index (χ0) is 25.5. The van der Waals surface area contributed by atoms with Crippen molar-refractivity contribution >= 4 is 22.7 Å². The molecule has 6 heteroatoms. The number of hydrogen-bond acceptors (Lipinski definition) is 3. The van der Waals surface area contributed by atoms with Crippen LogP contribution >= 0.6 is 0 Å². The fourth-order valence-corrected chi connectivity index (χ4v) is 4.48. The van der Waals surface area contributed by atoms with Crippen LogP contribution in [0.15, 0.2) is 85.1 Å². The minimum Gasteiger partial charge on any atom is -0.497 e. The van der Waals surface area contributed by atoms with Gasteiger partial charge in [0, 0.05) is 23.6 Å². The second-order valence-corrected chi connectivity index (χ2v) is 9.25. The Balaban J connectivity index is 1.44. The van der Waals surface area contributed by atoms with Crippen molar-refractivity contribution in [2.45, 2.75) is 32.2 Å². The Bertz CT molecular complexity index is 1260. The Labute approximate surface area is 212 Å². The number of nitrogens with one attached hydrogen (secondary N) is 3. The first-order valence-corrected chi connectivity index (χ1v) is 12.3. The van der Waals surface area contributed by atoms with E-state index in [0.29, 0.717) is 13.0 Å². The van der Waals surface area contributed by atoms with E-state index in [1.54, 1.807) is 7.11 Å². The molecule has 36 heavy (non-hydrogen) atoms. The highest BCUT2D eigenvalue weighted by molar-refractivity contribution is 5.92. The normalized spacial score (nSPS) is 12.0. The number of aromatic nitrogens is 1. The molecule has 0 aliphatic heterocycles. The zero-order valence-electron chi connectivity index (χ0n) is 21.0. The van der Waals surface area contributed by atoms with E-state index in [1.807, 2.05) is 98.9 Å². The van der Waals surface area contributed by atoms with Gasteiger partial charge in [0.2, 0.25) is 11.8 Å². The summed E-state index contributed by atoms with van der Waals surface area (Å²) in [6.07, 6.45) is 2.62. The van der Waals surface area contributed by atoms with Gasteiger partial charge in [-0.25, -0.2) is 0 Å². The van der Waals surface area contributed by atoms with Crippen molar-refractivity contribution in [2.75, 3.05) is 13.7 Å². The van der Waals surface area contributed by atoms with Crippen LogP contribution in [-0.4, -0.2) is 36.5 Å². The molecule has 6 nitrogen and oxygen atoms in total. The summed E-state index contributed by atoms with van der Waals surface area (Å²) in [6, 6.07) is 24.6. The lowest BCUT2D eigenvalue weighted by atomic mass is 9.89. The van der Waals surface area contributed by atoms with E-state index < -0.39 is 12.0 Å². The van der Waals surface area contributed by atoms with E-state index in [0.717, 1.165) is 33.3 Å². The molecule has 3 aromatic carbocycles. The van der Waals surface area contributed by atoms with Gasteiger partial charge in [0.25, 0.3) is 0 Å². The fraction of sp³-hybridized carbons (Fsp3) is 0.267. The molecule has 186 valence electrons. The van der Waals surface area contributed by atoms with Gasteiger partial charge in [-0.1, -0.05) is 74.5 Å². The standard InChI is InChI=1S/C30H33N3O3/c1-20(2)28(30(35)31-17-16-23-19-32-26-15-14-24(36-3)18-25(23)26)33-29(34)27(21-10-6-4-7-11-21)22-12-8-5-9-13-22/h4-15,18-20,27-28,32H,16-17H2,1-3H3,(H,31,35)(H,33,34)/t28-/m0/s1. The van der Waals surface area contributed by atoms with E-state index >= 15 is 0 Å². The number of fused-ring (bicyclic) bond motifs is 1. The van der Waals surface area contributed by atoms with Crippen molar-refractivity contribution in [1.29, 1.82) is 0 Å². The number of carbonyl (C=O) groups excluding carboxylic acids is 2. The van der Waals surface area contributed by atoms with Crippen molar-refractivity contribution in [3.63, 3.8) is 0 Å². The number of carbonyl (C=O) groups is 2. The zero-order valence-corrected chi connectivity index (χ0v) is 21.0. The number of H-pyrrole nitrogens is 1. The average molecular weight is 484 g/mol. The minimum atomic E-state index is -0.643. The Morgan fingerprint density at radius 1 is 0.889 bits per heavy atom. The molecule has 1 atom stereocenters. The van der Waals surface area contributed by atoms with Gasteiger partial charge in [-0.3, -0.25) is 9.59 Å². The molecule has 0 aliphatic rings. The highest BCUT2D eigenvalue weighted by Crippen LogP contribution is 2.26. The lowest BCUT2D eigenvalue weighted by Gasteiger charge is -2.25. The molecule has 0 saturated carbocycles. The Hall–Kier alpha value is -4.06. The highest BCUT2D eigenvalue weighted by Gasteiger charge is 2.29. The highest BCUT2D eigenvalue weighted by atomic mass is 16.5. The third-order valence-electron chi connectivity index (χ3n) is 6.44. The van der Waals surface area contributed by atoms with Gasteiger partial charge < -0.3 is 20.4 Å². The van der Waals surface area contributed by atoms with Crippen LogP contribution in [0.5, 0.6) is 5.75 Å². The molecule has 1 aromatic heterocycles. The molecule has 0 unspecified atom stereocenters. The van der Waals surface area contributed by atoms with Gasteiger partial charge in [0.05, 0.1) is 13.0 Å². The van der Waals surface area contributed by atoms with Crippen LogP contribution in [0.4, 0.5) is 0 Å². The van der Waals surface area contributed by atoms with Crippen LogP contribution in [0.3, 0.4) is 0 Å². The van der Waals surface area contributed by atoms with Gasteiger partial charge >= 0.3 is 0 Å². The maximum absolute atomic E-state index is 13.5. The number of ether oxygens (including phenoxy) is 1. The van der Waals surface area contributed by atoms with Crippen LogP contribution in [0.1, 0.15) is 36.5 Å². The molecule has 0 radical (unpaired) electrons. The molecule has 4 aromatic rings. The molecule has 3 N–H and O–H groups in total. The molecule has 4 rings (SSSR count). The number of aromatic amines is 1. The molecular weight excluding hydrogens is 450 g/mol.